The zero-order chi connectivity index (χ0) is 14.1. The lowest BCUT2D eigenvalue weighted by atomic mass is 10.1. The van der Waals surface area contributed by atoms with Gasteiger partial charge >= 0.3 is 0 Å². The van der Waals surface area contributed by atoms with Crippen molar-refractivity contribution in [2.24, 2.45) is 0 Å². The predicted octanol–water partition coefficient (Wildman–Crippen LogP) is 1.19. The Morgan fingerprint density at radius 1 is 0.947 bits per heavy atom. The zero-order valence-corrected chi connectivity index (χ0v) is 11.8. The third-order valence-corrected chi connectivity index (χ3v) is 3.53. The molecule has 3 N–H and O–H groups in total. The molecular formula is C14H28O5. The van der Waals surface area contributed by atoms with Crippen LogP contribution in [0.25, 0.3) is 0 Å². The van der Waals surface area contributed by atoms with Gasteiger partial charge in [0, 0.05) is 6.61 Å². The number of rotatable bonds is 10. The van der Waals surface area contributed by atoms with Crippen LogP contribution in [-0.4, -0.2) is 53.1 Å². The lowest BCUT2D eigenvalue weighted by Gasteiger charge is -2.15. The van der Waals surface area contributed by atoms with Crippen LogP contribution in [0.2, 0.25) is 0 Å². The monoisotopic (exact) mass is 276 g/mol. The number of hydrogen-bond donors (Lipinski definition) is 3. The smallest absolute Gasteiger partial charge is 0.186 e. The van der Waals surface area contributed by atoms with Gasteiger partial charge in [0.1, 0.15) is 18.3 Å². The minimum Gasteiger partial charge on any atom is -0.394 e. The van der Waals surface area contributed by atoms with Gasteiger partial charge in [0.15, 0.2) is 6.29 Å². The summed E-state index contributed by atoms with van der Waals surface area (Å²) in [4.78, 5) is 0. The quantitative estimate of drug-likeness (QED) is 0.522. The molecule has 5 nitrogen and oxygen atoms in total. The molecule has 0 unspecified atom stereocenters. The number of unbranched alkanes of at least 4 members (excludes halogenated alkanes) is 6. The first-order valence-corrected chi connectivity index (χ1v) is 7.44. The number of ether oxygens (including phenoxy) is 2. The van der Waals surface area contributed by atoms with Gasteiger partial charge in [0.25, 0.3) is 0 Å². The molecule has 1 saturated heterocycles. The predicted molar refractivity (Wildman–Crippen MR) is 71.7 cm³/mol. The molecule has 0 saturated carbocycles. The normalized spacial score (nSPS) is 30.9. The topological polar surface area (TPSA) is 79.2 Å². The summed E-state index contributed by atoms with van der Waals surface area (Å²) in [5.74, 6) is 0. The average molecular weight is 276 g/mol. The summed E-state index contributed by atoms with van der Waals surface area (Å²) in [6.45, 7) is 2.41. The highest BCUT2D eigenvalue weighted by Gasteiger charge is 2.42. The Balaban J connectivity index is 2.01. The van der Waals surface area contributed by atoms with Crippen molar-refractivity contribution < 1.29 is 24.8 Å². The molecule has 0 aromatic rings. The molecule has 0 amide bonds. The minimum atomic E-state index is -1.07. The molecule has 1 fully saturated rings. The molecule has 0 aliphatic carbocycles. The van der Waals surface area contributed by atoms with E-state index in [-0.39, 0.29) is 6.61 Å². The van der Waals surface area contributed by atoms with E-state index in [9.17, 15) is 10.2 Å². The summed E-state index contributed by atoms with van der Waals surface area (Å²) < 4.78 is 10.6. The summed E-state index contributed by atoms with van der Waals surface area (Å²) in [7, 11) is 0. The first-order valence-electron chi connectivity index (χ1n) is 7.44. The maximum atomic E-state index is 9.65. The second-order valence-electron chi connectivity index (χ2n) is 5.20. The van der Waals surface area contributed by atoms with Crippen LogP contribution in [0.3, 0.4) is 0 Å². The van der Waals surface area contributed by atoms with Crippen molar-refractivity contribution in [3.05, 3.63) is 0 Å². The molecule has 1 aliphatic heterocycles. The molecule has 19 heavy (non-hydrogen) atoms. The fourth-order valence-electron chi connectivity index (χ4n) is 2.26. The molecule has 0 spiro atoms. The van der Waals surface area contributed by atoms with Crippen LogP contribution in [-0.2, 0) is 9.47 Å². The van der Waals surface area contributed by atoms with E-state index in [1.807, 2.05) is 0 Å². The molecule has 1 rings (SSSR count). The molecular weight excluding hydrogens is 248 g/mol. The Hall–Kier alpha value is -0.200. The average Bonchev–Trinajstić information content (AvgIpc) is 2.69. The van der Waals surface area contributed by atoms with Gasteiger partial charge in [0.2, 0.25) is 0 Å². The molecule has 0 radical (unpaired) electrons. The Labute approximate surface area is 115 Å². The summed E-state index contributed by atoms with van der Waals surface area (Å²) in [6, 6.07) is 0. The van der Waals surface area contributed by atoms with Gasteiger partial charge in [-0.05, 0) is 6.42 Å². The van der Waals surface area contributed by atoms with Crippen LogP contribution in [0.5, 0.6) is 0 Å². The van der Waals surface area contributed by atoms with E-state index >= 15 is 0 Å². The molecule has 1 aliphatic rings. The fourth-order valence-corrected chi connectivity index (χ4v) is 2.26. The van der Waals surface area contributed by atoms with Crippen LogP contribution in [0, 0.1) is 0 Å². The number of aliphatic hydroxyl groups excluding tert-OH is 3. The number of hydrogen-bond acceptors (Lipinski definition) is 5. The number of aliphatic hydroxyl groups is 3. The van der Waals surface area contributed by atoms with Crippen molar-refractivity contribution >= 4 is 0 Å². The van der Waals surface area contributed by atoms with Gasteiger partial charge < -0.3 is 24.8 Å². The van der Waals surface area contributed by atoms with Crippen molar-refractivity contribution in [3.8, 4) is 0 Å². The van der Waals surface area contributed by atoms with E-state index < -0.39 is 24.6 Å². The summed E-state index contributed by atoms with van der Waals surface area (Å²) in [5.41, 5.74) is 0. The fraction of sp³-hybridized carbons (Fsp3) is 1.00. The first-order chi connectivity index (χ1) is 9.20. The van der Waals surface area contributed by atoms with Crippen LogP contribution in [0.15, 0.2) is 0 Å². The van der Waals surface area contributed by atoms with E-state index in [0.29, 0.717) is 6.61 Å². The SMILES string of the molecule is CCCCCCCCCO[C@@H]1O[C@H](CO)[C@H](O)[C@@H]1O. The lowest BCUT2D eigenvalue weighted by Crippen LogP contribution is -2.34. The molecule has 4 atom stereocenters. The van der Waals surface area contributed by atoms with E-state index in [0.717, 1.165) is 12.8 Å². The Morgan fingerprint density at radius 2 is 1.58 bits per heavy atom. The summed E-state index contributed by atoms with van der Waals surface area (Å²) >= 11 is 0. The second kappa shape index (κ2) is 9.66. The van der Waals surface area contributed by atoms with E-state index in [1.165, 1.54) is 32.1 Å². The standard InChI is InChI=1S/C14H28O5/c1-2-3-4-5-6-7-8-9-18-14-13(17)12(16)11(10-15)19-14/h11-17H,2-10H2,1H3/t11-,12+,13+,14-/m1/s1. The molecule has 0 bridgehead atoms. The maximum Gasteiger partial charge on any atom is 0.186 e. The molecule has 0 aromatic carbocycles. The third-order valence-electron chi connectivity index (χ3n) is 3.53. The largest absolute Gasteiger partial charge is 0.394 e. The van der Waals surface area contributed by atoms with Gasteiger partial charge in [-0.25, -0.2) is 0 Å². The highest BCUT2D eigenvalue weighted by Crippen LogP contribution is 2.22. The third kappa shape index (κ3) is 5.75. The van der Waals surface area contributed by atoms with Crippen LogP contribution >= 0.6 is 0 Å². The van der Waals surface area contributed by atoms with Crippen LogP contribution in [0.1, 0.15) is 51.9 Å². The Bertz CT molecular complexity index is 224. The minimum absolute atomic E-state index is 0.310. The van der Waals surface area contributed by atoms with Crippen molar-refractivity contribution in [1.82, 2.24) is 0 Å². The molecule has 1 heterocycles. The Morgan fingerprint density at radius 3 is 2.16 bits per heavy atom. The van der Waals surface area contributed by atoms with Crippen LogP contribution in [0.4, 0.5) is 0 Å². The lowest BCUT2D eigenvalue weighted by molar-refractivity contribution is -0.169. The Kier molecular flexibility index (Phi) is 8.57. The van der Waals surface area contributed by atoms with E-state index in [1.54, 1.807) is 0 Å². The van der Waals surface area contributed by atoms with Crippen molar-refractivity contribution in [2.75, 3.05) is 13.2 Å². The van der Waals surface area contributed by atoms with Gasteiger partial charge in [0.05, 0.1) is 6.61 Å². The van der Waals surface area contributed by atoms with Gasteiger partial charge in [-0.1, -0.05) is 45.4 Å². The van der Waals surface area contributed by atoms with Gasteiger partial charge in [-0.2, -0.15) is 0 Å². The molecule has 114 valence electrons. The highest BCUT2D eigenvalue weighted by molar-refractivity contribution is 4.86. The second-order valence-corrected chi connectivity index (χ2v) is 5.20. The van der Waals surface area contributed by atoms with E-state index in [2.05, 4.69) is 6.92 Å². The summed E-state index contributed by atoms with van der Waals surface area (Å²) in [6.07, 6.45) is 4.68. The van der Waals surface area contributed by atoms with E-state index in [4.69, 9.17) is 14.6 Å². The first kappa shape index (κ1) is 16.9. The van der Waals surface area contributed by atoms with Gasteiger partial charge in [-0.15, -0.1) is 0 Å². The van der Waals surface area contributed by atoms with Gasteiger partial charge in [-0.3, -0.25) is 0 Å². The summed E-state index contributed by atoms with van der Waals surface area (Å²) in [5, 5.41) is 28.1. The molecule has 0 aromatic heterocycles. The maximum absolute atomic E-state index is 9.65. The van der Waals surface area contributed by atoms with Crippen molar-refractivity contribution in [2.45, 2.75) is 76.5 Å². The van der Waals surface area contributed by atoms with Crippen molar-refractivity contribution in [3.63, 3.8) is 0 Å². The highest BCUT2D eigenvalue weighted by atomic mass is 16.7. The zero-order valence-electron chi connectivity index (χ0n) is 11.8. The van der Waals surface area contributed by atoms with Crippen molar-refractivity contribution in [1.29, 1.82) is 0 Å². The molecule has 5 heteroatoms. The van der Waals surface area contributed by atoms with Crippen LogP contribution < -0.4 is 0 Å².